The Morgan fingerprint density at radius 1 is 1.03 bits per heavy atom. The molecule has 2 heterocycles. The van der Waals surface area contributed by atoms with E-state index in [2.05, 4.69) is 15.9 Å². The maximum atomic E-state index is 14.3. The average molecular weight is 464 g/mol. The molecule has 2 aromatic carbocycles. The van der Waals surface area contributed by atoms with Crippen LogP contribution in [-0.2, 0) is 26.3 Å². The number of hydrogen-bond donors (Lipinski definition) is 1. The number of carbonyl (C=O) groups is 4. The summed E-state index contributed by atoms with van der Waals surface area (Å²) >= 11 is 3.12. The zero-order valence-corrected chi connectivity index (χ0v) is 16.2. The van der Waals surface area contributed by atoms with Crippen molar-refractivity contribution in [2.75, 3.05) is 0 Å². The number of rotatable bonds is 2. The van der Waals surface area contributed by atoms with E-state index in [1.165, 1.54) is 18.2 Å². The van der Waals surface area contributed by atoms with E-state index in [-0.39, 0.29) is 16.7 Å². The Morgan fingerprint density at radius 3 is 2.38 bits per heavy atom. The van der Waals surface area contributed by atoms with Crippen molar-refractivity contribution in [3.05, 3.63) is 69.2 Å². The molecule has 2 aliphatic heterocycles. The topological polar surface area (TPSA) is 101 Å². The zero-order valence-electron chi connectivity index (χ0n) is 14.6. The van der Waals surface area contributed by atoms with Gasteiger partial charge in [0.2, 0.25) is 5.91 Å². The van der Waals surface area contributed by atoms with Gasteiger partial charge >= 0.3 is 0 Å². The fourth-order valence-corrected chi connectivity index (χ4v) is 4.02. The van der Waals surface area contributed by atoms with Gasteiger partial charge in [0.1, 0.15) is 11.6 Å². The van der Waals surface area contributed by atoms with E-state index in [1.54, 1.807) is 0 Å². The Labute approximate surface area is 171 Å². The van der Waals surface area contributed by atoms with Crippen LogP contribution in [0.2, 0.25) is 0 Å². The van der Waals surface area contributed by atoms with Gasteiger partial charge in [0.15, 0.2) is 5.41 Å². The highest BCUT2D eigenvalue weighted by atomic mass is 79.9. The molecule has 2 N–H and O–H groups in total. The summed E-state index contributed by atoms with van der Waals surface area (Å²) in [5, 5.41) is 0.292. The highest BCUT2D eigenvalue weighted by molar-refractivity contribution is 9.10. The van der Waals surface area contributed by atoms with Crippen molar-refractivity contribution in [1.82, 2.24) is 9.91 Å². The average Bonchev–Trinajstić information content (AvgIpc) is 2.90. The van der Waals surface area contributed by atoms with Crippen LogP contribution < -0.4 is 5.84 Å². The van der Waals surface area contributed by atoms with Gasteiger partial charge in [-0.25, -0.2) is 19.6 Å². The summed E-state index contributed by atoms with van der Waals surface area (Å²) in [6, 6.07) is 7.08. The molecule has 10 heteroatoms. The van der Waals surface area contributed by atoms with Gasteiger partial charge in [-0.15, -0.1) is 0 Å². The first-order valence-electron chi connectivity index (χ1n) is 8.39. The molecule has 1 fully saturated rings. The normalized spacial score (nSPS) is 21.4. The van der Waals surface area contributed by atoms with Crippen LogP contribution >= 0.6 is 15.9 Å². The Bertz CT molecular complexity index is 1120. The van der Waals surface area contributed by atoms with Gasteiger partial charge in [-0.3, -0.25) is 24.1 Å². The fraction of sp³-hybridized carbons (Fsp3) is 0.158. The fourth-order valence-electron chi connectivity index (χ4n) is 3.69. The third-order valence-corrected chi connectivity index (χ3v) is 5.63. The highest BCUT2D eigenvalue weighted by Crippen LogP contribution is 2.43. The number of hydrazine groups is 1. The van der Waals surface area contributed by atoms with Crippen molar-refractivity contribution in [3.63, 3.8) is 0 Å². The second-order valence-electron chi connectivity index (χ2n) is 6.77. The van der Waals surface area contributed by atoms with Crippen LogP contribution in [0.4, 0.5) is 8.78 Å². The lowest BCUT2D eigenvalue weighted by Gasteiger charge is -2.37. The second-order valence-corrected chi connectivity index (χ2v) is 7.69. The van der Waals surface area contributed by atoms with E-state index in [9.17, 15) is 28.0 Å². The first-order valence-corrected chi connectivity index (χ1v) is 9.18. The molecule has 29 heavy (non-hydrogen) atoms. The molecule has 1 unspecified atom stereocenters. The number of hydrogen-bond acceptors (Lipinski definition) is 5. The van der Waals surface area contributed by atoms with Crippen molar-refractivity contribution < 1.29 is 28.0 Å². The molecular formula is C19H12BrF2N3O4. The van der Waals surface area contributed by atoms with Crippen LogP contribution in [0.25, 0.3) is 0 Å². The van der Waals surface area contributed by atoms with E-state index >= 15 is 0 Å². The van der Waals surface area contributed by atoms with Crippen LogP contribution in [0, 0.1) is 11.6 Å². The van der Waals surface area contributed by atoms with Crippen LogP contribution in [-0.4, -0.2) is 33.5 Å². The Morgan fingerprint density at radius 2 is 1.76 bits per heavy atom. The smallest absolute Gasteiger partial charge is 0.264 e. The maximum absolute atomic E-state index is 14.3. The second kappa shape index (κ2) is 6.53. The number of nitrogens with zero attached hydrogens (tertiary/aromatic N) is 2. The van der Waals surface area contributed by atoms with Crippen molar-refractivity contribution in [1.29, 1.82) is 0 Å². The standard InChI is InChI=1S/C19H12BrF2N3O4/c20-10-2-1-9(14(22)5-10)8-24-16(27)12-4-3-11(21)6-13(12)19(17(24)28)7-15(26)25(23)18(19)29/h1-6H,7-8,23H2. The minimum absolute atomic E-state index is 0.0250. The van der Waals surface area contributed by atoms with E-state index < -0.39 is 53.6 Å². The van der Waals surface area contributed by atoms with Crippen LogP contribution in [0.3, 0.4) is 0 Å². The number of nitrogens with two attached hydrogens (primary N) is 1. The minimum atomic E-state index is -2.16. The van der Waals surface area contributed by atoms with E-state index in [0.29, 0.717) is 14.4 Å². The summed E-state index contributed by atoms with van der Waals surface area (Å²) in [4.78, 5) is 51.9. The van der Waals surface area contributed by atoms with Crippen LogP contribution in [0.5, 0.6) is 0 Å². The molecule has 0 bridgehead atoms. The first kappa shape index (κ1) is 19.3. The van der Waals surface area contributed by atoms with Crippen molar-refractivity contribution in [2.45, 2.75) is 18.4 Å². The number of fused-ring (bicyclic) bond motifs is 2. The lowest BCUT2D eigenvalue weighted by Crippen LogP contribution is -2.58. The SMILES string of the molecule is NN1C(=O)CC2(C1=O)C(=O)N(Cc1ccc(Br)cc1F)C(=O)c1ccc(F)cc12. The summed E-state index contributed by atoms with van der Waals surface area (Å²) < 4.78 is 28.7. The summed E-state index contributed by atoms with van der Waals surface area (Å²) in [5.74, 6) is 0.241. The minimum Gasteiger partial charge on any atom is -0.273 e. The molecule has 7 nitrogen and oxygen atoms in total. The molecule has 0 aliphatic carbocycles. The number of halogens is 3. The Kier molecular flexibility index (Phi) is 4.35. The Balaban J connectivity index is 1.89. The van der Waals surface area contributed by atoms with Crippen molar-refractivity contribution in [2.24, 2.45) is 5.84 Å². The highest BCUT2D eigenvalue weighted by Gasteiger charge is 2.63. The largest absolute Gasteiger partial charge is 0.273 e. The van der Waals surface area contributed by atoms with Gasteiger partial charge in [-0.1, -0.05) is 22.0 Å². The third kappa shape index (κ3) is 2.70. The molecule has 2 aliphatic rings. The molecule has 0 aromatic heterocycles. The van der Waals surface area contributed by atoms with E-state index in [0.717, 1.165) is 18.2 Å². The number of imide groups is 2. The maximum Gasteiger partial charge on any atom is 0.264 e. The monoisotopic (exact) mass is 463 g/mol. The quantitative estimate of drug-likeness (QED) is 0.316. The van der Waals surface area contributed by atoms with Crippen LogP contribution in [0.1, 0.15) is 27.9 Å². The van der Waals surface area contributed by atoms with Crippen molar-refractivity contribution >= 4 is 39.6 Å². The first-order chi connectivity index (χ1) is 13.7. The molecule has 1 saturated heterocycles. The molecular weight excluding hydrogens is 452 g/mol. The summed E-state index contributed by atoms with van der Waals surface area (Å²) in [7, 11) is 0. The molecule has 0 saturated carbocycles. The van der Waals surface area contributed by atoms with Crippen LogP contribution in [0.15, 0.2) is 40.9 Å². The van der Waals surface area contributed by atoms with E-state index in [1.807, 2.05) is 0 Å². The summed E-state index contributed by atoms with van der Waals surface area (Å²) in [6.07, 6.45) is -0.649. The van der Waals surface area contributed by atoms with Gasteiger partial charge in [0.25, 0.3) is 17.7 Å². The number of benzene rings is 2. The number of amides is 4. The third-order valence-electron chi connectivity index (χ3n) is 5.14. The summed E-state index contributed by atoms with van der Waals surface area (Å²) in [6.45, 7) is -0.471. The molecule has 1 atom stereocenters. The van der Waals surface area contributed by atoms with Gasteiger partial charge in [-0.05, 0) is 35.9 Å². The lowest BCUT2D eigenvalue weighted by molar-refractivity contribution is -0.146. The summed E-state index contributed by atoms with van der Waals surface area (Å²) in [5.41, 5.74) is -2.48. The van der Waals surface area contributed by atoms with E-state index in [4.69, 9.17) is 5.84 Å². The van der Waals surface area contributed by atoms with Gasteiger partial charge in [0.05, 0.1) is 13.0 Å². The lowest BCUT2D eigenvalue weighted by atomic mass is 9.72. The molecule has 2 aromatic rings. The number of carbonyl (C=O) groups excluding carboxylic acids is 4. The molecule has 4 rings (SSSR count). The zero-order chi connectivity index (χ0) is 21.1. The van der Waals surface area contributed by atoms with Gasteiger partial charge in [0, 0.05) is 15.6 Å². The molecule has 1 spiro atoms. The Hall–Kier alpha value is -2.98. The molecule has 0 radical (unpaired) electrons. The van der Waals surface area contributed by atoms with Gasteiger partial charge < -0.3 is 0 Å². The predicted molar refractivity (Wildman–Crippen MR) is 97.7 cm³/mol. The molecule has 4 amide bonds. The molecule has 148 valence electrons. The van der Waals surface area contributed by atoms with Gasteiger partial charge in [-0.2, -0.15) is 0 Å². The predicted octanol–water partition coefficient (Wildman–Crippen LogP) is 1.78. The van der Waals surface area contributed by atoms with Crippen molar-refractivity contribution in [3.8, 4) is 0 Å².